The fraction of sp³-hybridized carbons (Fsp3) is 0.765. The number of furan rings is 1. The summed E-state index contributed by atoms with van der Waals surface area (Å²) in [4.78, 5) is 2.68. The number of hydrogen-bond acceptors (Lipinski definition) is 3. The fourth-order valence-electron chi connectivity index (χ4n) is 4.39. The Morgan fingerprint density at radius 1 is 1.30 bits per heavy atom. The van der Waals surface area contributed by atoms with E-state index in [0.29, 0.717) is 6.04 Å². The molecule has 2 fully saturated rings. The van der Waals surface area contributed by atoms with Gasteiger partial charge in [-0.15, -0.1) is 0 Å². The fourth-order valence-corrected chi connectivity index (χ4v) is 4.39. The topological polar surface area (TPSA) is 28.4 Å². The molecule has 20 heavy (non-hydrogen) atoms. The van der Waals surface area contributed by atoms with Crippen LogP contribution in [0.25, 0.3) is 0 Å². The molecule has 2 saturated heterocycles. The van der Waals surface area contributed by atoms with E-state index in [2.05, 4.69) is 37.1 Å². The lowest BCUT2D eigenvalue weighted by Gasteiger charge is -2.40. The third-order valence-corrected chi connectivity index (χ3v) is 5.31. The molecule has 3 rings (SSSR count). The highest BCUT2D eigenvalue weighted by atomic mass is 16.3. The van der Waals surface area contributed by atoms with Crippen molar-refractivity contribution in [2.24, 2.45) is 0 Å². The molecule has 0 aliphatic carbocycles. The minimum atomic E-state index is 0.458. The molecule has 2 aliphatic heterocycles. The lowest BCUT2D eigenvalue weighted by Crippen LogP contribution is -2.48. The average molecular weight is 276 g/mol. The van der Waals surface area contributed by atoms with Gasteiger partial charge < -0.3 is 9.73 Å². The Hall–Kier alpha value is -0.800. The van der Waals surface area contributed by atoms with Gasteiger partial charge in [-0.2, -0.15) is 0 Å². The van der Waals surface area contributed by atoms with Crippen LogP contribution in [-0.2, 0) is 0 Å². The summed E-state index contributed by atoms with van der Waals surface area (Å²) in [5.41, 5.74) is 1.37. The third-order valence-electron chi connectivity index (χ3n) is 5.31. The first-order valence-electron chi connectivity index (χ1n) is 8.17. The SMILES string of the molecule is CCN(C1CC2CCC(C1)N2)C(C)c1cc(C)oc1C. The molecule has 1 N–H and O–H groups in total. The van der Waals surface area contributed by atoms with E-state index in [1.807, 2.05) is 6.92 Å². The van der Waals surface area contributed by atoms with E-state index >= 15 is 0 Å². The summed E-state index contributed by atoms with van der Waals surface area (Å²) in [6, 6.07) is 4.92. The van der Waals surface area contributed by atoms with Crippen LogP contribution >= 0.6 is 0 Å². The van der Waals surface area contributed by atoms with Gasteiger partial charge >= 0.3 is 0 Å². The van der Waals surface area contributed by atoms with Gasteiger partial charge in [0.1, 0.15) is 11.5 Å². The monoisotopic (exact) mass is 276 g/mol. The molecular weight excluding hydrogens is 248 g/mol. The number of rotatable bonds is 4. The third kappa shape index (κ3) is 2.53. The molecular formula is C17H28N2O. The van der Waals surface area contributed by atoms with Crippen molar-refractivity contribution in [3.63, 3.8) is 0 Å². The Morgan fingerprint density at radius 3 is 2.45 bits per heavy atom. The molecule has 3 heterocycles. The zero-order valence-corrected chi connectivity index (χ0v) is 13.3. The van der Waals surface area contributed by atoms with E-state index in [1.54, 1.807) is 0 Å². The van der Waals surface area contributed by atoms with Crippen LogP contribution in [0.1, 0.15) is 62.7 Å². The Bertz CT molecular complexity index is 456. The van der Waals surface area contributed by atoms with Crippen molar-refractivity contribution in [1.29, 1.82) is 0 Å². The Morgan fingerprint density at radius 2 is 1.95 bits per heavy atom. The van der Waals surface area contributed by atoms with Crippen molar-refractivity contribution in [1.82, 2.24) is 10.2 Å². The summed E-state index contributed by atoms with van der Waals surface area (Å²) in [7, 11) is 0. The van der Waals surface area contributed by atoms with Crippen LogP contribution < -0.4 is 5.32 Å². The van der Waals surface area contributed by atoms with Gasteiger partial charge in [-0.1, -0.05) is 6.92 Å². The van der Waals surface area contributed by atoms with Crippen molar-refractivity contribution in [3.8, 4) is 0 Å². The van der Waals surface area contributed by atoms with Crippen molar-refractivity contribution < 1.29 is 4.42 Å². The van der Waals surface area contributed by atoms with Crippen LogP contribution in [0.15, 0.2) is 10.5 Å². The van der Waals surface area contributed by atoms with Gasteiger partial charge in [0.15, 0.2) is 0 Å². The molecule has 0 saturated carbocycles. The van der Waals surface area contributed by atoms with Gasteiger partial charge in [0, 0.05) is 29.7 Å². The Kier molecular flexibility index (Phi) is 3.91. The summed E-state index contributed by atoms with van der Waals surface area (Å²) in [6.45, 7) is 9.89. The number of fused-ring (bicyclic) bond motifs is 2. The van der Waals surface area contributed by atoms with E-state index in [1.165, 1.54) is 31.2 Å². The van der Waals surface area contributed by atoms with Crippen LogP contribution in [0.4, 0.5) is 0 Å². The first-order chi connectivity index (χ1) is 9.58. The number of nitrogens with zero attached hydrogens (tertiary/aromatic N) is 1. The van der Waals surface area contributed by atoms with Crippen molar-refractivity contribution in [3.05, 3.63) is 23.2 Å². The molecule has 0 radical (unpaired) electrons. The van der Waals surface area contributed by atoms with Gasteiger partial charge in [0.05, 0.1) is 0 Å². The van der Waals surface area contributed by atoms with Crippen molar-refractivity contribution in [2.75, 3.05) is 6.54 Å². The molecule has 0 spiro atoms. The lowest BCUT2D eigenvalue weighted by atomic mass is 9.95. The molecule has 3 nitrogen and oxygen atoms in total. The van der Waals surface area contributed by atoms with Crippen LogP contribution in [0.3, 0.4) is 0 Å². The van der Waals surface area contributed by atoms with Crippen LogP contribution in [0.2, 0.25) is 0 Å². The summed E-state index contributed by atoms with van der Waals surface area (Å²) >= 11 is 0. The normalized spacial score (nSPS) is 30.9. The molecule has 3 heteroatoms. The average Bonchev–Trinajstić information content (AvgIpc) is 2.92. The van der Waals surface area contributed by atoms with Crippen LogP contribution in [-0.4, -0.2) is 29.6 Å². The van der Waals surface area contributed by atoms with E-state index in [-0.39, 0.29) is 0 Å². The van der Waals surface area contributed by atoms with Gasteiger partial charge in [-0.3, -0.25) is 4.90 Å². The van der Waals surface area contributed by atoms with E-state index in [4.69, 9.17) is 4.42 Å². The smallest absolute Gasteiger partial charge is 0.105 e. The largest absolute Gasteiger partial charge is 0.466 e. The van der Waals surface area contributed by atoms with Gasteiger partial charge in [-0.05, 0) is 59.1 Å². The summed E-state index contributed by atoms with van der Waals surface area (Å²) in [6.07, 6.45) is 5.36. The maximum absolute atomic E-state index is 5.73. The lowest BCUT2D eigenvalue weighted by molar-refractivity contribution is 0.107. The summed E-state index contributed by atoms with van der Waals surface area (Å²) in [5, 5.41) is 3.75. The number of aryl methyl sites for hydroxylation is 2. The van der Waals surface area contributed by atoms with E-state index in [0.717, 1.165) is 36.2 Å². The van der Waals surface area contributed by atoms with Crippen molar-refractivity contribution in [2.45, 2.75) is 77.5 Å². The quantitative estimate of drug-likeness (QED) is 0.911. The minimum absolute atomic E-state index is 0.458. The zero-order chi connectivity index (χ0) is 14.3. The molecule has 3 unspecified atom stereocenters. The minimum Gasteiger partial charge on any atom is -0.466 e. The first kappa shape index (κ1) is 14.2. The zero-order valence-electron chi connectivity index (χ0n) is 13.3. The molecule has 1 aromatic rings. The Balaban J connectivity index is 1.77. The highest BCUT2D eigenvalue weighted by Crippen LogP contribution is 2.35. The summed E-state index contributed by atoms with van der Waals surface area (Å²) in [5.74, 6) is 2.12. The molecule has 0 aromatic carbocycles. The summed E-state index contributed by atoms with van der Waals surface area (Å²) < 4.78 is 5.73. The maximum Gasteiger partial charge on any atom is 0.105 e. The molecule has 1 aromatic heterocycles. The second kappa shape index (κ2) is 5.53. The van der Waals surface area contributed by atoms with Gasteiger partial charge in [0.2, 0.25) is 0 Å². The molecule has 0 amide bonds. The standard InChI is InChI=1S/C17H28N2O/c1-5-19(12(3)17-8-11(2)20-13(17)4)16-9-14-6-7-15(10-16)18-14/h8,12,14-16,18H,5-7,9-10H2,1-4H3. The predicted molar refractivity (Wildman–Crippen MR) is 81.9 cm³/mol. The number of hydrogen-bond donors (Lipinski definition) is 1. The van der Waals surface area contributed by atoms with E-state index in [9.17, 15) is 0 Å². The molecule has 2 bridgehead atoms. The Labute approximate surface area is 122 Å². The van der Waals surface area contributed by atoms with Crippen molar-refractivity contribution >= 4 is 0 Å². The molecule has 3 atom stereocenters. The number of piperidine rings is 1. The van der Waals surface area contributed by atoms with Crippen LogP contribution in [0.5, 0.6) is 0 Å². The predicted octanol–water partition coefficient (Wildman–Crippen LogP) is 3.56. The highest BCUT2D eigenvalue weighted by molar-refractivity contribution is 5.24. The second-order valence-electron chi connectivity index (χ2n) is 6.64. The second-order valence-corrected chi connectivity index (χ2v) is 6.64. The highest BCUT2D eigenvalue weighted by Gasteiger charge is 2.37. The van der Waals surface area contributed by atoms with E-state index < -0.39 is 0 Å². The number of nitrogens with one attached hydrogen (secondary N) is 1. The molecule has 112 valence electrons. The van der Waals surface area contributed by atoms with Crippen LogP contribution in [0, 0.1) is 13.8 Å². The maximum atomic E-state index is 5.73. The molecule has 2 aliphatic rings. The van der Waals surface area contributed by atoms with Gasteiger partial charge in [-0.25, -0.2) is 0 Å². The van der Waals surface area contributed by atoms with Gasteiger partial charge in [0.25, 0.3) is 0 Å². The first-order valence-corrected chi connectivity index (χ1v) is 8.17.